The molecule has 78 valence electrons. The van der Waals surface area contributed by atoms with Gasteiger partial charge in [0.15, 0.2) is 5.69 Å². The molecule has 0 aliphatic carbocycles. The summed E-state index contributed by atoms with van der Waals surface area (Å²) in [6, 6.07) is 0. The lowest BCUT2D eigenvalue weighted by Crippen LogP contribution is -2.03. The Bertz CT molecular complexity index is 353. The zero-order valence-corrected chi connectivity index (χ0v) is 9.03. The van der Waals surface area contributed by atoms with E-state index in [0.29, 0.717) is 0 Å². The highest BCUT2D eigenvalue weighted by Crippen LogP contribution is 2.23. The molecule has 0 bridgehead atoms. The summed E-state index contributed by atoms with van der Waals surface area (Å²) in [4.78, 5) is 10.9. The van der Waals surface area contributed by atoms with Crippen LogP contribution in [0.2, 0.25) is 0 Å². The standard InChI is InChI=1S/C10H16N2O2/c1-5-7-8(6(2)3)9(10(13)14)11-12(7)4/h6H,5H2,1-4H3,(H,13,14). The number of rotatable bonds is 3. The second kappa shape index (κ2) is 3.82. The molecule has 1 aromatic rings. The molecule has 14 heavy (non-hydrogen) atoms. The van der Waals surface area contributed by atoms with Crippen LogP contribution in [-0.2, 0) is 13.5 Å². The van der Waals surface area contributed by atoms with E-state index in [0.717, 1.165) is 17.7 Å². The van der Waals surface area contributed by atoms with Gasteiger partial charge in [-0.3, -0.25) is 4.68 Å². The van der Waals surface area contributed by atoms with Gasteiger partial charge in [-0.15, -0.1) is 0 Å². The number of aromatic carboxylic acids is 1. The van der Waals surface area contributed by atoms with E-state index in [1.165, 1.54) is 0 Å². The molecule has 0 atom stereocenters. The van der Waals surface area contributed by atoms with E-state index >= 15 is 0 Å². The summed E-state index contributed by atoms with van der Waals surface area (Å²) in [7, 11) is 1.79. The van der Waals surface area contributed by atoms with Crippen molar-refractivity contribution in [3.05, 3.63) is 17.0 Å². The van der Waals surface area contributed by atoms with Gasteiger partial charge in [0.1, 0.15) is 0 Å². The molecule has 1 heterocycles. The minimum atomic E-state index is -0.941. The molecule has 4 heteroatoms. The third-order valence-electron chi connectivity index (χ3n) is 2.32. The Hall–Kier alpha value is -1.32. The average molecular weight is 196 g/mol. The normalized spacial score (nSPS) is 10.9. The third kappa shape index (κ3) is 1.64. The van der Waals surface area contributed by atoms with E-state index in [9.17, 15) is 4.79 Å². The first-order valence-corrected chi connectivity index (χ1v) is 4.78. The maximum atomic E-state index is 10.9. The molecule has 0 fully saturated rings. The maximum Gasteiger partial charge on any atom is 0.356 e. The van der Waals surface area contributed by atoms with Crippen molar-refractivity contribution in [2.24, 2.45) is 7.05 Å². The fraction of sp³-hybridized carbons (Fsp3) is 0.600. The van der Waals surface area contributed by atoms with Crippen LogP contribution in [0.1, 0.15) is 48.4 Å². The molecule has 0 unspecified atom stereocenters. The van der Waals surface area contributed by atoms with Crippen LogP contribution in [0.25, 0.3) is 0 Å². The van der Waals surface area contributed by atoms with E-state index in [4.69, 9.17) is 5.11 Å². The molecule has 0 aliphatic heterocycles. The van der Waals surface area contributed by atoms with Crippen molar-refractivity contribution in [3.63, 3.8) is 0 Å². The number of aryl methyl sites for hydroxylation is 1. The highest BCUT2D eigenvalue weighted by Gasteiger charge is 2.21. The number of hydrogen-bond acceptors (Lipinski definition) is 2. The van der Waals surface area contributed by atoms with Gasteiger partial charge in [0.25, 0.3) is 0 Å². The lowest BCUT2D eigenvalue weighted by atomic mass is 9.99. The predicted octanol–water partition coefficient (Wildman–Crippen LogP) is 1.80. The Labute approximate surface area is 83.5 Å². The van der Waals surface area contributed by atoms with E-state index in [1.54, 1.807) is 11.7 Å². The van der Waals surface area contributed by atoms with Crippen molar-refractivity contribution in [2.45, 2.75) is 33.1 Å². The number of carbonyl (C=O) groups is 1. The summed E-state index contributed by atoms with van der Waals surface area (Å²) in [5.74, 6) is -0.742. The van der Waals surface area contributed by atoms with Crippen molar-refractivity contribution in [2.75, 3.05) is 0 Å². The zero-order valence-electron chi connectivity index (χ0n) is 9.03. The van der Waals surface area contributed by atoms with Crippen molar-refractivity contribution < 1.29 is 9.90 Å². The van der Waals surface area contributed by atoms with Gasteiger partial charge in [-0.2, -0.15) is 5.10 Å². The molecule has 0 aromatic carbocycles. The number of nitrogens with zero attached hydrogens (tertiary/aromatic N) is 2. The molecule has 4 nitrogen and oxygen atoms in total. The smallest absolute Gasteiger partial charge is 0.356 e. The van der Waals surface area contributed by atoms with Gasteiger partial charge >= 0.3 is 5.97 Å². The monoisotopic (exact) mass is 196 g/mol. The summed E-state index contributed by atoms with van der Waals surface area (Å²) >= 11 is 0. The van der Waals surface area contributed by atoms with Crippen LogP contribution >= 0.6 is 0 Å². The Kier molecular flexibility index (Phi) is 2.93. The Morgan fingerprint density at radius 1 is 1.57 bits per heavy atom. The first-order valence-electron chi connectivity index (χ1n) is 4.78. The van der Waals surface area contributed by atoms with Crippen LogP contribution < -0.4 is 0 Å². The largest absolute Gasteiger partial charge is 0.476 e. The predicted molar refractivity (Wildman–Crippen MR) is 53.6 cm³/mol. The molecule has 1 aromatic heterocycles. The quantitative estimate of drug-likeness (QED) is 0.802. The molecular weight excluding hydrogens is 180 g/mol. The van der Waals surface area contributed by atoms with Crippen molar-refractivity contribution in [1.82, 2.24) is 9.78 Å². The maximum absolute atomic E-state index is 10.9. The molecule has 0 saturated heterocycles. The number of carboxylic acids is 1. The van der Waals surface area contributed by atoms with Gasteiger partial charge in [0.2, 0.25) is 0 Å². The Morgan fingerprint density at radius 3 is 2.50 bits per heavy atom. The second-order valence-corrected chi connectivity index (χ2v) is 3.65. The van der Waals surface area contributed by atoms with Gasteiger partial charge in [0.05, 0.1) is 0 Å². The summed E-state index contributed by atoms with van der Waals surface area (Å²) < 4.78 is 1.67. The van der Waals surface area contributed by atoms with Crippen LogP contribution in [0.15, 0.2) is 0 Å². The minimum Gasteiger partial charge on any atom is -0.476 e. The minimum absolute atomic E-state index is 0.194. The fourth-order valence-corrected chi connectivity index (χ4v) is 1.76. The van der Waals surface area contributed by atoms with Crippen LogP contribution in [0.3, 0.4) is 0 Å². The van der Waals surface area contributed by atoms with E-state index in [-0.39, 0.29) is 11.6 Å². The second-order valence-electron chi connectivity index (χ2n) is 3.65. The highest BCUT2D eigenvalue weighted by molar-refractivity contribution is 5.87. The summed E-state index contributed by atoms with van der Waals surface area (Å²) in [5, 5.41) is 13.0. The number of hydrogen-bond donors (Lipinski definition) is 1. The van der Waals surface area contributed by atoms with Gasteiger partial charge < -0.3 is 5.11 Å². The average Bonchev–Trinajstić information content (AvgIpc) is 2.42. The molecule has 1 rings (SSSR count). The molecular formula is C10H16N2O2. The topological polar surface area (TPSA) is 55.1 Å². The molecule has 0 amide bonds. The molecule has 0 spiro atoms. The van der Waals surface area contributed by atoms with Gasteiger partial charge in [-0.05, 0) is 12.3 Å². The van der Waals surface area contributed by atoms with Gasteiger partial charge in [-0.1, -0.05) is 20.8 Å². The lowest BCUT2D eigenvalue weighted by Gasteiger charge is -2.06. The van der Waals surface area contributed by atoms with Crippen molar-refractivity contribution in [1.29, 1.82) is 0 Å². The molecule has 1 N–H and O–H groups in total. The van der Waals surface area contributed by atoms with E-state index in [1.807, 2.05) is 20.8 Å². The summed E-state index contributed by atoms with van der Waals surface area (Å²) in [5.41, 5.74) is 2.07. The molecule has 0 saturated carbocycles. The van der Waals surface area contributed by atoms with Crippen LogP contribution in [0.5, 0.6) is 0 Å². The summed E-state index contributed by atoms with van der Waals surface area (Å²) in [6.45, 7) is 5.99. The van der Waals surface area contributed by atoms with Gasteiger partial charge in [-0.25, -0.2) is 4.79 Å². The summed E-state index contributed by atoms with van der Waals surface area (Å²) in [6.07, 6.45) is 0.810. The molecule has 0 radical (unpaired) electrons. The van der Waals surface area contributed by atoms with Gasteiger partial charge in [0, 0.05) is 18.3 Å². The first-order chi connectivity index (χ1) is 6.49. The number of carboxylic acid groups (broad SMARTS) is 1. The highest BCUT2D eigenvalue weighted by atomic mass is 16.4. The molecule has 0 aliphatic rings. The van der Waals surface area contributed by atoms with Crippen molar-refractivity contribution in [3.8, 4) is 0 Å². The fourth-order valence-electron chi connectivity index (χ4n) is 1.76. The first kappa shape index (κ1) is 10.8. The Balaban J connectivity index is 3.37. The van der Waals surface area contributed by atoms with E-state index < -0.39 is 5.97 Å². The lowest BCUT2D eigenvalue weighted by molar-refractivity contribution is 0.0688. The Morgan fingerprint density at radius 2 is 2.14 bits per heavy atom. The third-order valence-corrected chi connectivity index (χ3v) is 2.32. The van der Waals surface area contributed by atoms with Crippen LogP contribution in [0.4, 0.5) is 0 Å². The van der Waals surface area contributed by atoms with Crippen LogP contribution in [-0.4, -0.2) is 20.9 Å². The zero-order chi connectivity index (χ0) is 10.9. The number of aromatic nitrogens is 2. The van der Waals surface area contributed by atoms with Crippen molar-refractivity contribution >= 4 is 5.97 Å². The van der Waals surface area contributed by atoms with E-state index in [2.05, 4.69) is 5.10 Å². The van der Waals surface area contributed by atoms with Crippen LogP contribution in [0, 0.1) is 0 Å². The SMILES string of the molecule is CCc1c(C(C)C)c(C(=O)O)nn1C.